The lowest BCUT2D eigenvalue weighted by molar-refractivity contribution is -0.137. The second-order valence-electron chi connectivity index (χ2n) is 4.29. The molecule has 0 amide bonds. The van der Waals surface area contributed by atoms with Crippen LogP contribution in [0.25, 0.3) is 0 Å². The minimum atomic E-state index is -4.34. The summed E-state index contributed by atoms with van der Waals surface area (Å²) in [5, 5.41) is 0. The number of alkyl halides is 3. The maximum atomic E-state index is 12.6. The smallest absolute Gasteiger partial charge is 0.324 e. The van der Waals surface area contributed by atoms with Crippen molar-refractivity contribution < 1.29 is 13.2 Å². The molecule has 0 aliphatic heterocycles. The molecule has 2 N–H and O–H groups in total. The Labute approximate surface area is 109 Å². The van der Waals surface area contributed by atoms with Gasteiger partial charge in [0.25, 0.3) is 0 Å². The minimum absolute atomic E-state index is 0.468. The summed E-state index contributed by atoms with van der Waals surface area (Å²) < 4.78 is 37.8. The number of nitrogens with two attached hydrogens (primary N) is 1. The van der Waals surface area contributed by atoms with E-state index in [4.69, 9.17) is 5.73 Å². The second-order valence-corrected chi connectivity index (χ2v) is 4.29. The van der Waals surface area contributed by atoms with Crippen molar-refractivity contribution in [3.05, 3.63) is 65.5 Å². The van der Waals surface area contributed by atoms with Crippen molar-refractivity contribution in [1.82, 2.24) is 4.98 Å². The lowest BCUT2D eigenvalue weighted by atomic mass is 9.98. The number of pyridine rings is 1. The van der Waals surface area contributed by atoms with Crippen LogP contribution in [0.1, 0.15) is 22.7 Å². The Kier molecular flexibility index (Phi) is 3.85. The molecular weight excluding hydrogens is 253 g/mol. The fourth-order valence-corrected chi connectivity index (χ4v) is 1.84. The molecule has 0 saturated carbocycles. The van der Waals surface area contributed by atoms with Gasteiger partial charge in [-0.3, -0.25) is 4.98 Å². The van der Waals surface area contributed by atoms with Crippen LogP contribution in [0.15, 0.2) is 48.8 Å². The van der Waals surface area contributed by atoms with Crippen LogP contribution in [0.3, 0.4) is 0 Å². The lowest BCUT2D eigenvalue weighted by Crippen LogP contribution is -2.15. The highest BCUT2D eigenvalue weighted by Crippen LogP contribution is 2.30. The first-order valence-corrected chi connectivity index (χ1v) is 5.78. The Morgan fingerprint density at radius 1 is 1.11 bits per heavy atom. The van der Waals surface area contributed by atoms with Gasteiger partial charge in [-0.1, -0.05) is 12.1 Å². The summed E-state index contributed by atoms with van der Waals surface area (Å²) in [5.41, 5.74) is 6.70. The summed E-state index contributed by atoms with van der Waals surface area (Å²) in [7, 11) is 0. The molecule has 2 nitrogen and oxygen atoms in total. The molecule has 0 aliphatic rings. The number of aromatic nitrogens is 1. The monoisotopic (exact) mass is 266 g/mol. The topological polar surface area (TPSA) is 38.9 Å². The van der Waals surface area contributed by atoms with Crippen molar-refractivity contribution in [1.29, 1.82) is 0 Å². The van der Waals surface area contributed by atoms with Gasteiger partial charge in [0, 0.05) is 18.4 Å². The van der Waals surface area contributed by atoms with Gasteiger partial charge >= 0.3 is 6.18 Å². The van der Waals surface area contributed by atoms with E-state index in [2.05, 4.69) is 4.98 Å². The van der Waals surface area contributed by atoms with Crippen LogP contribution < -0.4 is 5.73 Å². The van der Waals surface area contributed by atoms with E-state index in [1.54, 1.807) is 30.6 Å². The Bertz CT molecular complexity index is 538. The summed E-state index contributed by atoms with van der Waals surface area (Å²) in [5.74, 6) is 0. The largest absolute Gasteiger partial charge is 0.416 e. The summed E-state index contributed by atoms with van der Waals surface area (Å²) in [4.78, 5) is 3.88. The molecule has 19 heavy (non-hydrogen) atoms. The number of hydrogen-bond donors (Lipinski definition) is 1. The van der Waals surface area contributed by atoms with E-state index in [1.807, 2.05) is 0 Å². The first-order valence-electron chi connectivity index (χ1n) is 5.78. The van der Waals surface area contributed by atoms with E-state index in [-0.39, 0.29) is 0 Å². The van der Waals surface area contributed by atoms with E-state index in [0.717, 1.165) is 17.7 Å². The average Bonchev–Trinajstić information content (AvgIpc) is 2.39. The third-order valence-corrected chi connectivity index (χ3v) is 2.85. The number of rotatable bonds is 3. The average molecular weight is 266 g/mol. The van der Waals surface area contributed by atoms with Gasteiger partial charge in [-0.25, -0.2) is 0 Å². The standard InChI is InChI=1S/C14H13F3N2/c15-14(16,17)12-3-1-2-11(9-12)13(18)8-10-4-6-19-7-5-10/h1-7,9,13H,8,18H2. The molecule has 1 aromatic carbocycles. The fourth-order valence-electron chi connectivity index (χ4n) is 1.84. The number of benzene rings is 1. The summed E-state index contributed by atoms with van der Waals surface area (Å²) in [6, 6.07) is 8.27. The van der Waals surface area contributed by atoms with Crippen LogP contribution >= 0.6 is 0 Å². The molecule has 1 aromatic heterocycles. The molecule has 0 spiro atoms. The van der Waals surface area contributed by atoms with Crippen LogP contribution in [0.5, 0.6) is 0 Å². The predicted molar refractivity (Wildman–Crippen MR) is 66.3 cm³/mol. The maximum absolute atomic E-state index is 12.6. The predicted octanol–water partition coefficient (Wildman–Crippen LogP) is 3.34. The molecule has 100 valence electrons. The molecule has 2 rings (SSSR count). The van der Waals surface area contributed by atoms with Crippen molar-refractivity contribution in [2.24, 2.45) is 5.73 Å². The van der Waals surface area contributed by atoms with Gasteiger partial charge in [-0.2, -0.15) is 13.2 Å². The van der Waals surface area contributed by atoms with E-state index in [1.165, 1.54) is 6.07 Å². The van der Waals surface area contributed by atoms with Gasteiger partial charge in [0.2, 0.25) is 0 Å². The molecule has 2 aromatic rings. The summed E-state index contributed by atoms with van der Waals surface area (Å²) in [6.45, 7) is 0. The fraction of sp³-hybridized carbons (Fsp3) is 0.214. The summed E-state index contributed by atoms with van der Waals surface area (Å²) in [6.07, 6.45) is -0.599. The van der Waals surface area contributed by atoms with E-state index >= 15 is 0 Å². The van der Waals surface area contributed by atoms with Crippen molar-refractivity contribution >= 4 is 0 Å². The summed E-state index contributed by atoms with van der Waals surface area (Å²) >= 11 is 0. The van der Waals surface area contributed by atoms with Gasteiger partial charge in [0.1, 0.15) is 0 Å². The van der Waals surface area contributed by atoms with Crippen LogP contribution in [0.4, 0.5) is 13.2 Å². The highest BCUT2D eigenvalue weighted by atomic mass is 19.4. The van der Waals surface area contributed by atoms with Crippen molar-refractivity contribution in [2.45, 2.75) is 18.6 Å². The zero-order chi connectivity index (χ0) is 13.9. The molecule has 0 bridgehead atoms. The number of hydrogen-bond acceptors (Lipinski definition) is 2. The SMILES string of the molecule is NC(Cc1ccncc1)c1cccc(C(F)(F)F)c1. The molecule has 1 atom stereocenters. The Morgan fingerprint density at radius 2 is 1.79 bits per heavy atom. The van der Waals surface area contributed by atoms with Crippen molar-refractivity contribution in [3.8, 4) is 0 Å². The van der Waals surface area contributed by atoms with Gasteiger partial charge < -0.3 is 5.73 Å². The van der Waals surface area contributed by atoms with Gasteiger partial charge in [0.05, 0.1) is 5.56 Å². The van der Waals surface area contributed by atoms with Crippen LogP contribution in [-0.4, -0.2) is 4.98 Å². The third kappa shape index (κ3) is 3.54. The third-order valence-electron chi connectivity index (χ3n) is 2.85. The molecule has 1 unspecified atom stereocenters. The van der Waals surface area contributed by atoms with E-state index in [0.29, 0.717) is 12.0 Å². The van der Waals surface area contributed by atoms with E-state index in [9.17, 15) is 13.2 Å². The van der Waals surface area contributed by atoms with Crippen LogP contribution in [0, 0.1) is 0 Å². The highest BCUT2D eigenvalue weighted by molar-refractivity contribution is 5.29. The zero-order valence-electron chi connectivity index (χ0n) is 10.1. The quantitative estimate of drug-likeness (QED) is 0.925. The molecule has 0 fully saturated rings. The number of halogens is 3. The normalized spacial score (nSPS) is 13.3. The molecule has 0 saturated heterocycles. The van der Waals surface area contributed by atoms with Gasteiger partial charge in [-0.15, -0.1) is 0 Å². The van der Waals surface area contributed by atoms with Gasteiger partial charge in [-0.05, 0) is 41.8 Å². The molecule has 0 radical (unpaired) electrons. The molecule has 5 heteroatoms. The van der Waals surface area contributed by atoms with Crippen molar-refractivity contribution in [2.75, 3.05) is 0 Å². The van der Waals surface area contributed by atoms with Gasteiger partial charge in [0.15, 0.2) is 0 Å². The van der Waals surface area contributed by atoms with Crippen LogP contribution in [0.2, 0.25) is 0 Å². The molecule has 1 heterocycles. The maximum Gasteiger partial charge on any atom is 0.416 e. The highest BCUT2D eigenvalue weighted by Gasteiger charge is 2.30. The van der Waals surface area contributed by atoms with E-state index < -0.39 is 17.8 Å². The molecular formula is C14H13F3N2. The second kappa shape index (κ2) is 5.40. The Balaban J connectivity index is 2.18. The lowest BCUT2D eigenvalue weighted by Gasteiger charge is -2.14. The minimum Gasteiger partial charge on any atom is -0.324 e. The number of nitrogens with zero attached hydrogens (tertiary/aromatic N) is 1. The Morgan fingerprint density at radius 3 is 2.42 bits per heavy atom. The molecule has 0 aliphatic carbocycles. The van der Waals surface area contributed by atoms with Crippen molar-refractivity contribution in [3.63, 3.8) is 0 Å². The zero-order valence-corrected chi connectivity index (χ0v) is 10.1. The van der Waals surface area contributed by atoms with Crippen LogP contribution in [-0.2, 0) is 12.6 Å². The first-order chi connectivity index (χ1) is 8.97. The Hall–Kier alpha value is -1.88. The first kappa shape index (κ1) is 13.5.